The third-order valence-electron chi connectivity index (χ3n) is 3.72. The van der Waals surface area contributed by atoms with Gasteiger partial charge in [0.2, 0.25) is 0 Å². The van der Waals surface area contributed by atoms with Gasteiger partial charge >= 0.3 is 35.8 Å². The monoisotopic (exact) mass is 562 g/mol. The van der Waals surface area contributed by atoms with Crippen LogP contribution in [0, 0.1) is 0 Å². The van der Waals surface area contributed by atoms with Gasteiger partial charge in [0.25, 0.3) is 0 Å². The molecule has 0 heterocycles. The summed E-state index contributed by atoms with van der Waals surface area (Å²) < 4.78 is 14.1. The number of aliphatic hydroxyl groups is 3. The van der Waals surface area contributed by atoms with Crippen molar-refractivity contribution in [3.8, 4) is 0 Å². The van der Waals surface area contributed by atoms with E-state index in [1.165, 1.54) is 24.3 Å². The van der Waals surface area contributed by atoms with Crippen LogP contribution in [0.4, 0.5) is 0 Å². The molecular weight excluding hydrogens is 528 g/mol. The number of aliphatic carboxylic acids is 3. The van der Waals surface area contributed by atoms with E-state index >= 15 is 0 Å². The summed E-state index contributed by atoms with van der Waals surface area (Å²) in [5, 5.41) is 51.9. The number of rotatable bonds is 17. The van der Waals surface area contributed by atoms with Crippen LogP contribution in [0.25, 0.3) is 0 Å². The number of aliphatic hydroxyl groups excluding tert-OH is 1. The van der Waals surface area contributed by atoms with E-state index in [2.05, 4.69) is 26.3 Å². The van der Waals surface area contributed by atoms with Crippen molar-refractivity contribution in [2.75, 3.05) is 26.4 Å². The second kappa shape index (κ2) is 21.7. The lowest BCUT2D eigenvalue weighted by atomic mass is 9.95. The van der Waals surface area contributed by atoms with Crippen LogP contribution in [-0.2, 0) is 43.0 Å². The third kappa shape index (κ3) is 20.4. The number of ether oxygens (including phenoxy) is 3. The molecule has 0 aromatic carbocycles. The summed E-state index contributed by atoms with van der Waals surface area (Å²) in [6, 6.07) is 0. The first-order chi connectivity index (χ1) is 18.1. The molecule has 39 heavy (non-hydrogen) atoms. The zero-order chi connectivity index (χ0) is 31.1. The molecule has 0 aliphatic heterocycles. The first-order valence-corrected chi connectivity index (χ1v) is 10.7. The molecule has 15 nitrogen and oxygen atoms in total. The van der Waals surface area contributed by atoms with E-state index in [0.717, 1.165) is 0 Å². The number of esters is 3. The smallest absolute Gasteiger partial charge is 0.339 e. The number of carboxylic acids is 3. The van der Waals surface area contributed by atoms with Gasteiger partial charge in [0.1, 0.15) is 19.8 Å². The highest BCUT2D eigenvalue weighted by Gasteiger charge is 2.43. The summed E-state index contributed by atoms with van der Waals surface area (Å²) in [5.41, 5.74) is -5.11. The number of carbonyl (C=O) groups excluding carboxylic acids is 3. The molecule has 0 saturated heterocycles. The summed E-state index contributed by atoms with van der Waals surface area (Å²) in [7, 11) is 0. The fourth-order valence-corrected chi connectivity index (χ4v) is 2.07. The summed E-state index contributed by atoms with van der Waals surface area (Å²) in [5.74, 6) is -7.92. The highest BCUT2D eigenvalue weighted by molar-refractivity contribution is 5.90. The fourth-order valence-electron chi connectivity index (χ4n) is 2.07. The number of carbonyl (C=O) groups is 6. The predicted octanol–water partition coefficient (Wildman–Crippen LogP) is -0.398. The predicted molar refractivity (Wildman–Crippen MR) is 132 cm³/mol. The minimum absolute atomic E-state index is 0.0833. The molecule has 0 amide bonds. The molecule has 0 spiro atoms. The van der Waals surface area contributed by atoms with Crippen LogP contribution in [-0.4, -0.2) is 104 Å². The maximum absolute atomic E-state index is 11.9. The summed E-state index contributed by atoms with van der Waals surface area (Å²) in [6.45, 7) is 13.0. The molecule has 6 N–H and O–H groups in total. The Hall–Kier alpha value is -4.34. The Labute approximate surface area is 223 Å². The summed E-state index contributed by atoms with van der Waals surface area (Å²) in [4.78, 5) is 65.5. The van der Waals surface area contributed by atoms with Gasteiger partial charge in [0, 0.05) is 0 Å². The van der Waals surface area contributed by atoms with Crippen molar-refractivity contribution in [2.45, 2.75) is 36.9 Å². The second-order valence-electron chi connectivity index (χ2n) is 7.16. The molecule has 0 aromatic rings. The molecule has 0 fully saturated rings. The van der Waals surface area contributed by atoms with Gasteiger partial charge in [-0.15, -0.1) is 6.58 Å². The van der Waals surface area contributed by atoms with Crippen molar-refractivity contribution in [1.82, 2.24) is 0 Å². The SMILES string of the molecule is C=CCO.C=CCOC(=O)CC(O)(CC(=O)OCC=C)C(=O)OCC=C.O=C(O)CC(O)(CC(=O)O)C(=O)O. The molecule has 0 aromatic heterocycles. The van der Waals surface area contributed by atoms with Crippen molar-refractivity contribution >= 4 is 35.8 Å². The van der Waals surface area contributed by atoms with Crippen molar-refractivity contribution in [2.24, 2.45) is 0 Å². The normalized spacial score (nSPS) is 10.0. The van der Waals surface area contributed by atoms with E-state index in [-0.39, 0.29) is 26.4 Å². The van der Waals surface area contributed by atoms with Gasteiger partial charge in [0.15, 0.2) is 11.2 Å². The van der Waals surface area contributed by atoms with E-state index in [1.54, 1.807) is 0 Å². The van der Waals surface area contributed by atoms with Crippen LogP contribution in [0.3, 0.4) is 0 Å². The van der Waals surface area contributed by atoms with Crippen LogP contribution in [0.5, 0.6) is 0 Å². The standard InChI is InChI=1S/C15H20O7.C6H8O7.C3H6O/c1-4-7-20-12(16)10-15(19,14(18)22-9-6-3)11-13(17)21-8-5-2;7-3(8)1-6(13,5(11)12)2-4(9)10;1-2-3-4/h4-6,19H,1-3,7-11H2;13H,1-2H2,(H,7,8)(H,9,10)(H,11,12);2,4H,1,3H2. The van der Waals surface area contributed by atoms with Gasteiger partial charge in [-0.05, 0) is 0 Å². The second-order valence-corrected chi connectivity index (χ2v) is 7.16. The molecule has 0 atom stereocenters. The topological polar surface area (TPSA) is 251 Å². The third-order valence-corrected chi connectivity index (χ3v) is 3.72. The van der Waals surface area contributed by atoms with Crippen LogP contribution >= 0.6 is 0 Å². The van der Waals surface area contributed by atoms with Gasteiger partial charge in [0.05, 0.1) is 32.3 Å². The van der Waals surface area contributed by atoms with Gasteiger partial charge < -0.3 is 44.8 Å². The Morgan fingerprint density at radius 3 is 1.18 bits per heavy atom. The summed E-state index contributed by atoms with van der Waals surface area (Å²) >= 11 is 0. The molecule has 0 aliphatic carbocycles. The highest BCUT2D eigenvalue weighted by Crippen LogP contribution is 2.20. The Bertz CT molecular complexity index is 833. The molecule has 15 heteroatoms. The van der Waals surface area contributed by atoms with Gasteiger partial charge in [-0.1, -0.05) is 44.0 Å². The zero-order valence-electron chi connectivity index (χ0n) is 21.2. The first kappa shape index (κ1) is 39.2. The summed E-state index contributed by atoms with van der Waals surface area (Å²) in [6.07, 6.45) is 1.57. The van der Waals surface area contributed by atoms with E-state index in [0.29, 0.717) is 0 Å². The minimum Gasteiger partial charge on any atom is -0.481 e. The van der Waals surface area contributed by atoms with Gasteiger partial charge in [-0.3, -0.25) is 19.2 Å². The Balaban J connectivity index is -0.000000642. The molecule has 0 bridgehead atoms. The molecule has 0 rings (SSSR count). The number of hydrogen-bond donors (Lipinski definition) is 6. The fraction of sp³-hybridized carbons (Fsp3) is 0.417. The lowest BCUT2D eigenvalue weighted by molar-refractivity contribution is -0.176. The van der Waals surface area contributed by atoms with Crippen molar-refractivity contribution in [1.29, 1.82) is 0 Å². The van der Waals surface area contributed by atoms with Gasteiger partial charge in [-0.2, -0.15) is 0 Å². The molecule has 0 aliphatic rings. The van der Waals surface area contributed by atoms with Crippen LogP contribution in [0.2, 0.25) is 0 Å². The number of carboxylic acid groups (broad SMARTS) is 3. The zero-order valence-corrected chi connectivity index (χ0v) is 21.2. The van der Waals surface area contributed by atoms with Crippen molar-refractivity contribution in [3.05, 3.63) is 50.6 Å². The van der Waals surface area contributed by atoms with Crippen LogP contribution in [0.15, 0.2) is 50.6 Å². The first-order valence-electron chi connectivity index (χ1n) is 10.7. The van der Waals surface area contributed by atoms with Crippen molar-refractivity contribution < 1.29 is 73.6 Å². The maximum Gasteiger partial charge on any atom is 0.339 e. The van der Waals surface area contributed by atoms with E-state index in [1.807, 2.05) is 0 Å². The van der Waals surface area contributed by atoms with E-state index in [4.69, 9.17) is 39.7 Å². The van der Waals surface area contributed by atoms with E-state index < -0.39 is 72.7 Å². The molecule has 220 valence electrons. The molecule has 0 saturated carbocycles. The maximum atomic E-state index is 11.9. The Morgan fingerprint density at radius 1 is 0.590 bits per heavy atom. The molecular formula is C24H34O15. The van der Waals surface area contributed by atoms with Crippen LogP contribution < -0.4 is 0 Å². The lowest BCUT2D eigenvalue weighted by Gasteiger charge is -2.23. The lowest BCUT2D eigenvalue weighted by Crippen LogP contribution is -2.44. The van der Waals surface area contributed by atoms with Gasteiger partial charge in [-0.25, -0.2) is 9.59 Å². The van der Waals surface area contributed by atoms with E-state index in [9.17, 15) is 33.9 Å². The Morgan fingerprint density at radius 2 is 0.923 bits per heavy atom. The quantitative estimate of drug-likeness (QED) is 0.0749. The minimum atomic E-state index is -2.74. The average Bonchev–Trinajstić information content (AvgIpc) is 2.83. The largest absolute Gasteiger partial charge is 0.481 e. The van der Waals surface area contributed by atoms with Crippen LogP contribution in [0.1, 0.15) is 25.7 Å². The molecule has 0 radical (unpaired) electrons. The Kier molecular flexibility index (Phi) is 21.8. The molecule has 0 unspecified atom stereocenters. The highest BCUT2D eigenvalue weighted by atomic mass is 16.6. The van der Waals surface area contributed by atoms with Crippen molar-refractivity contribution in [3.63, 3.8) is 0 Å². The number of hydrogen-bond acceptors (Lipinski definition) is 12. The average molecular weight is 563 g/mol.